The normalized spacial score (nSPS) is 11.5. The van der Waals surface area contributed by atoms with Gasteiger partial charge in [-0.25, -0.2) is 21.9 Å². The van der Waals surface area contributed by atoms with Gasteiger partial charge in [0, 0.05) is 6.07 Å². The van der Waals surface area contributed by atoms with Crippen LogP contribution in [0.25, 0.3) is 5.69 Å². The molecular formula is C14H11F2N5O2S. The molecule has 0 aliphatic rings. The number of anilines is 1. The van der Waals surface area contributed by atoms with Gasteiger partial charge in [0.25, 0.3) is 10.0 Å². The van der Waals surface area contributed by atoms with Crippen molar-refractivity contribution in [3.63, 3.8) is 0 Å². The van der Waals surface area contributed by atoms with Crippen molar-refractivity contribution in [3.8, 4) is 5.69 Å². The molecule has 0 unspecified atom stereocenters. The van der Waals surface area contributed by atoms with Gasteiger partial charge in [0.05, 0.1) is 16.3 Å². The van der Waals surface area contributed by atoms with Crippen LogP contribution in [0.3, 0.4) is 0 Å². The van der Waals surface area contributed by atoms with Crippen molar-refractivity contribution in [2.75, 3.05) is 4.72 Å². The lowest BCUT2D eigenvalue weighted by atomic mass is 10.1. The standard InChI is InChI=1S/C14H11F2N5O2S/c1-9-13(3-2-4-14(9)21-8-17-19-20-21)18-24(22,23)12-6-10(15)5-11(16)7-12/h2-8,18H,1H3. The number of aromatic nitrogens is 4. The third kappa shape index (κ3) is 3.08. The summed E-state index contributed by atoms with van der Waals surface area (Å²) in [6.45, 7) is 1.67. The van der Waals surface area contributed by atoms with Gasteiger partial charge < -0.3 is 0 Å². The average Bonchev–Trinajstić information content (AvgIpc) is 3.02. The maximum Gasteiger partial charge on any atom is 0.262 e. The molecule has 0 atom stereocenters. The van der Waals surface area contributed by atoms with E-state index < -0.39 is 26.6 Å². The molecule has 0 amide bonds. The van der Waals surface area contributed by atoms with E-state index in [1.165, 1.54) is 17.1 Å². The first-order valence-electron chi connectivity index (χ1n) is 6.69. The molecule has 2 aromatic carbocycles. The predicted molar refractivity (Wildman–Crippen MR) is 81.1 cm³/mol. The number of halogens is 2. The van der Waals surface area contributed by atoms with Gasteiger partial charge in [0.1, 0.15) is 18.0 Å². The molecule has 0 saturated carbocycles. The first-order chi connectivity index (χ1) is 11.4. The molecule has 0 saturated heterocycles. The number of hydrogen-bond donors (Lipinski definition) is 1. The lowest BCUT2D eigenvalue weighted by molar-refractivity contribution is 0.568. The maximum absolute atomic E-state index is 13.3. The van der Waals surface area contributed by atoms with Crippen LogP contribution in [0, 0.1) is 18.6 Å². The molecule has 0 aliphatic heterocycles. The van der Waals surface area contributed by atoms with E-state index in [9.17, 15) is 17.2 Å². The zero-order valence-corrected chi connectivity index (χ0v) is 13.1. The second-order valence-corrected chi connectivity index (χ2v) is 6.60. The van der Waals surface area contributed by atoms with Crippen molar-refractivity contribution >= 4 is 15.7 Å². The largest absolute Gasteiger partial charge is 0.279 e. The zero-order chi connectivity index (χ0) is 17.3. The fourth-order valence-corrected chi connectivity index (χ4v) is 3.31. The molecule has 0 fully saturated rings. The van der Waals surface area contributed by atoms with Crippen molar-refractivity contribution in [2.45, 2.75) is 11.8 Å². The quantitative estimate of drug-likeness (QED) is 0.777. The average molecular weight is 351 g/mol. The van der Waals surface area contributed by atoms with Crippen LogP contribution in [-0.4, -0.2) is 28.6 Å². The van der Waals surface area contributed by atoms with Crippen molar-refractivity contribution in [1.29, 1.82) is 0 Å². The Morgan fingerprint density at radius 3 is 2.46 bits per heavy atom. The molecule has 3 rings (SSSR count). The Hall–Kier alpha value is -2.88. The van der Waals surface area contributed by atoms with E-state index >= 15 is 0 Å². The fourth-order valence-electron chi connectivity index (χ4n) is 2.14. The number of benzene rings is 2. The summed E-state index contributed by atoms with van der Waals surface area (Å²) in [6, 6.07) is 6.91. The van der Waals surface area contributed by atoms with Crippen LogP contribution in [0.4, 0.5) is 14.5 Å². The number of nitrogens with zero attached hydrogens (tertiary/aromatic N) is 4. The Balaban J connectivity index is 2.00. The van der Waals surface area contributed by atoms with Gasteiger partial charge in [-0.1, -0.05) is 6.07 Å². The number of nitrogens with one attached hydrogen (secondary N) is 1. The summed E-state index contributed by atoms with van der Waals surface area (Å²) in [5.41, 5.74) is 1.35. The Bertz CT molecular complexity index is 970. The molecule has 0 radical (unpaired) electrons. The Kier molecular flexibility index (Phi) is 3.97. The van der Waals surface area contributed by atoms with Crippen molar-refractivity contribution in [2.24, 2.45) is 0 Å². The predicted octanol–water partition coefficient (Wildman–Crippen LogP) is 2.05. The molecule has 24 heavy (non-hydrogen) atoms. The molecule has 1 N–H and O–H groups in total. The summed E-state index contributed by atoms with van der Waals surface area (Å²) in [4.78, 5) is -0.507. The molecule has 7 nitrogen and oxygen atoms in total. The second-order valence-electron chi connectivity index (χ2n) is 4.91. The van der Waals surface area contributed by atoms with E-state index in [1.54, 1.807) is 19.1 Å². The topological polar surface area (TPSA) is 89.8 Å². The number of tetrazole rings is 1. The molecule has 0 spiro atoms. The number of rotatable bonds is 4. The first-order valence-corrected chi connectivity index (χ1v) is 8.17. The Morgan fingerprint density at radius 1 is 1.12 bits per heavy atom. The van der Waals surface area contributed by atoms with Gasteiger partial charge in [-0.05, 0) is 47.2 Å². The van der Waals surface area contributed by atoms with Crippen LogP contribution in [-0.2, 0) is 10.0 Å². The minimum atomic E-state index is -4.16. The molecule has 10 heteroatoms. The summed E-state index contributed by atoms with van der Waals surface area (Å²) in [5.74, 6) is -1.95. The summed E-state index contributed by atoms with van der Waals surface area (Å²) < 4.78 is 55.0. The van der Waals surface area contributed by atoms with Crippen LogP contribution >= 0.6 is 0 Å². The summed E-state index contributed by atoms with van der Waals surface area (Å²) in [6.07, 6.45) is 1.36. The summed E-state index contributed by atoms with van der Waals surface area (Å²) in [7, 11) is -4.16. The molecule has 3 aromatic rings. The van der Waals surface area contributed by atoms with Crippen LogP contribution in [0.1, 0.15) is 5.56 Å². The van der Waals surface area contributed by atoms with Crippen LogP contribution in [0.5, 0.6) is 0 Å². The lowest BCUT2D eigenvalue weighted by Crippen LogP contribution is -2.15. The molecule has 1 heterocycles. The molecular weight excluding hydrogens is 340 g/mol. The maximum atomic E-state index is 13.3. The van der Waals surface area contributed by atoms with Gasteiger partial charge in [0.2, 0.25) is 0 Å². The highest BCUT2D eigenvalue weighted by Gasteiger charge is 2.18. The smallest absolute Gasteiger partial charge is 0.262 e. The zero-order valence-electron chi connectivity index (χ0n) is 12.3. The molecule has 0 bridgehead atoms. The Labute approximate surface area is 136 Å². The number of sulfonamides is 1. The highest BCUT2D eigenvalue weighted by molar-refractivity contribution is 7.92. The minimum absolute atomic E-state index is 0.243. The summed E-state index contributed by atoms with van der Waals surface area (Å²) >= 11 is 0. The van der Waals surface area contributed by atoms with Gasteiger partial charge in [-0.3, -0.25) is 4.72 Å². The third-order valence-corrected chi connectivity index (χ3v) is 4.64. The fraction of sp³-hybridized carbons (Fsp3) is 0.0714. The van der Waals surface area contributed by atoms with Gasteiger partial charge in [0.15, 0.2) is 0 Å². The third-order valence-electron chi connectivity index (χ3n) is 3.29. The van der Waals surface area contributed by atoms with E-state index in [0.29, 0.717) is 17.3 Å². The van der Waals surface area contributed by atoms with Crippen LogP contribution in [0.2, 0.25) is 0 Å². The van der Waals surface area contributed by atoms with Gasteiger partial charge in [-0.2, -0.15) is 0 Å². The van der Waals surface area contributed by atoms with Crippen molar-refractivity contribution in [1.82, 2.24) is 20.2 Å². The van der Waals surface area contributed by atoms with E-state index in [0.717, 1.165) is 12.1 Å². The highest BCUT2D eigenvalue weighted by atomic mass is 32.2. The minimum Gasteiger partial charge on any atom is -0.279 e. The monoisotopic (exact) mass is 351 g/mol. The van der Waals surface area contributed by atoms with Crippen LogP contribution in [0.15, 0.2) is 47.6 Å². The van der Waals surface area contributed by atoms with Gasteiger partial charge >= 0.3 is 0 Å². The SMILES string of the molecule is Cc1c(NS(=O)(=O)c2cc(F)cc(F)c2)cccc1-n1cnnn1. The van der Waals surface area contributed by atoms with E-state index in [1.807, 2.05) is 0 Å². The lowest BCUT2D eigenvalue weighted by Gasteiger charge is -2.13. The van der Waals surface area contributed by atoms with Crippen molar-refractivity contribution < 1.29 is 17.2 Å². The van der Waals surface area contributed by atoms with Crippen molar-refractivity contribution in [3.05, 3.63) is 59.9 Å². The first kappa shape index (κ1) is 16.0. The Morgan fingerprint density at radius 2 is 1.83 bits per heavy atom. The molecule has 124 valence electrons. The highest BCUT2D eigenvalue weighted by Crippen LogP contribution is 2.25. The molecule has 0 aliphatic carbocycles. The van der Waals surface area contributed by atoms with Crippen LogP contribution < -0.4 is 4.72 Å². The second kappa shape index (κ2) is 5.96. The number of hydrogen-bond acceptors (Lipinski definition) is 5. The van der Waals surface area contributed by atoms with E-state index in [2.05, 4.69) is 20.2 Å². The summed E-state index contributed by atoms with van der Waals surface area (Å²) in [5, 5.41) is 10.8. The van der Waals surface area contributed by atoms with E-state index in [-0.39, 0.29) is 5.69 Å². The van der Waals surface area contributed by atoms with E-state index in [4.69, 9.17) is 0 Å². The molecule has 1 aromatic heterocycles. The van der Waals surface area contributed by atoms with Gasteiger partial charge in [-0.15, -0.1) is 5.10 Å².